The zero-order valence-corrected chi connectivity index (χ0v) is 9.98. The SMILES string of the molecule is CC[C@@H](C[N+](=O)[O-])C(=O)C(=O)OC(C)(C)C. The van der Waals surface area contributed by atoms with Crippen LogP contribution in [-0.4, -0.2) is 28.8 Å². The van der Waals surface area contributed by atoms with Crippen LogP contribution in [0.15, 0.2) is 0 Å². The van der Waals surface area contributed by atoms with E-state index in [1.54, 1.807) is 27.7 Å². The van der Waals surface area contributed by atoms with Crippen molar-refractivity contribution in [3.63, 3.8) is 0 Å². The van der Waals surface area contributed by atoms with Gasteiger partial charge >= 0.3 is 5.97 Å². The lowest BCUT2D eigenvalue weighted by atomic mass is 10.0. The molecular formula is C10H17NO5. The fourth-order valence-electron chi connectivity index (χ4n) is 1.07. The van der Waals surface area contributed by atoms with Gasteiger partial charge in [0, 0.05) is 4.92 Å². The van der Waals surface area contributed by atoms with E-state index in [0.717, 1.165) is 0 Å². The lowest BCUT2D eigenvalue weighted by Crippen LogP contribution is -2.35. The summed E-state index contributed by atoms with van der Waals surface area (Å²) in [6.45, 7) is 5.98. The van der Waals surface area contributed by atoms with E-state index in [0.29, 0.717) is 0 Å². The zero-order chi connectivity index (χ0) is 12.9. The normalized spacial score (nSPS) is 13.0. The summed E-state index contributed by atoms with van der Waals surface area (Å²) in [5.41, 5.74) is -0.764. The molecule has 6 nitrogen and oxygen atoms in total. The van der Waals surface area contributed by atoms with E-state index in [-0.39, 0.29) is 6.42 Å². The Morgan fingerprint density at radius 3 is 2.19 bits per heavy atom. The van der Waals surface area contributed by atoms with Crippen molar-refractivity contribution in [1.29, 1.82) is 0 Å². The Balaban J connectivity index is 4.51. The van der Waals surface area contributed by atoms with Gasteiger partial charge in [-0.05, 0) is 27.2 Å². The highest BCUT2D eigenvalue weighted by molar-refractivity contribution is 6.34. The largest absolute Gasteiger partial charge is 0.454 e. The number of hydrogen-bond donors (Lipinski definition) is 0. The predicted octanol–water partition coefficient (Wildman–Crippen LogP) is 1.20. The van der Waals surface area contributed by atoms with Gasteiger partial charge in [0.15, 0.2) is 0 Å². The van der Waals surface area contributed by atoms with E-state index >= 15 is 0 Å². The molecule has 0 saturated heterocycles. The van der Waals surface area contributed by atoms with Crippen molar-refractivity contribution < 1.29 is 19.2 Å². The topological polar surface area (TPSA) is 86.5 Å². The van der Waals surface area contributed by atoms with Crippen LogP contribution in [0.3, 0.4) is 0 Å². The van der Waals surface area contributed by atoms with Crippen molar-refractivity contribution in [3.8, 4) is 0 Å². The Bertz CT molecular complexity index is 292. The van der Waals surface area contributed by atoms with Crippen molar-refractivity contribution in [2.75, 3.05) is 6.54 Å². The smallest absolute Gasteiger partial charge is 0.375 e. The molecule has 92 valence electrons. The summed E-state index contributed by atoms with van der Waals surface area (Å²) < 4.78 is 4.85. The third-order valence-electron chi connectivity index (χ3n) is 1.83. The van der Waals surface area contributed by atoms with Crippen LogP contribution in [-0.2, 0) is 14.3 Å². The van der Waals surface area contributed by atoms with Crippen LogP contribution in [0.2, 0.25) is 0 Å². The Hall–Kier alpha value is -1.46. The molecule has 16 heavy (non-hydrogen) atoms. The molecule has 0 spiro atoms. The summed E-state index contributed by atoms with van der Waals surface area (Å²) >= 11 is 0. The molecule has 0 N–H and O–H groups in total. The van der Waals surface area contributed by atoms with Crippen LogP contribution in [0.5, 0.6) is 0 Å². The fourth-order valence-corrected chi connectivity index (χ4v) is 1.07. The van der Waals surface area contributed by atoms with Crippen molar-refractivity contribution in [3.05, 3.63) is 10.1 Å². The van der Waals surface area contributed by atoms with E-state index in [4.69, 9.17) is 4.74 Å². The fraction of sp³-hybridized carbons (Fsp3) is 0.800. The first-order valence-corrected chi connectivity index (χ1v) is 5.06. The van der Waals surface area contributed by atoms with Gasteiger partial charge in [-0.2, -0.15) is 0 Å². The highest BCUT2D eigenvalue weighted by Gasteiger charge is 2.31. The number of carbonyl (C=O) groups excluding carboxylic acids is 2. The highest BCUT2D eigenvalue weighted by atomic mass is 16.6. The van der Waals surface area contributed by atoms with Crippen LogP contribution < -0.4 is 0 Å². The molecule has 6 heteroatoms. The molecule has 0 unspecified atom stereocenters. The van der Waals surface area contributed by atoms with E-state index in [1.807, 2.05) is 0 Å². The van der Waals surface area contributed by atoms with Crippen LogP contribution >= 0.6 is 0 Å². The van der Waals surface area contributed by atoms with Crippen LogP contribution in [0.25, 0.3) is 0 Å². The number of ether oxygens (including phenoxy) is 1. The number of nitro groups is 1. The molecule has 0 bridgehead atoms. The minimum Gasteiger partial charge on any atom is -0.454 e. The second kappa shape index (κ2) is 5.58. The number of esters is 1. The molecule has 0 rings (SSSR count). The van der Waals surface area contributed by atoms with Gasteiger partial charge in [-0.3, -0.25) is 14.9 Å². The Morgan fingerprint density at radius 2 is 1.88 bits per heavy atom. The van der Waals surface area contributed by atoms with Gasteiger partial charge in [0.1, 0.15) is 5.60 Å². The van der Waals surface area contributed by atoms with Gasteiger partial charge < -0.3 is 4.74 Å². The van der Waals surface area contributed by atoms with Crippen molar-refractivity contribution in [1.82, 2.24) is 0 Å². The molecule has 0 aliphatic carbocycles. The maximum absolute atomic E-state index is 11.5. The minimum atomic E-state index is -0.999. The van der Waals surface area contributed by atoms with Crippen LogP contribution in [0.4, 0.5) is 0 Å². The van der Waals surface area contributed by atoms with Crippen molar-refractivity contribution >= 4 is 11.8 Å². The molecule has 0 heterocycles. The number of carbonyl (C=O) groups is 2. The van der Waals surface area contributed by atoms with Gasteiger partial charge in [-0.15, -0.1) is 0 Å². The molecule has 0 aromatic carbocycles. The molecule has 0 saturated carbocycles. The lowest BCUT2D eigenvalue weighted by Gasteiger charge is -2.19. The van der Waals surface area contributed by atoms with E-state index < -0.39 is 34.7 Å². The Morgan fingerprint density at radius 1 is 1.38 bits per heavy atom. The average molecular weight is 231 g/mol. The monoisotopic (exact) mass is 231 g/mol. The van der Waals surface area contributed by atoms with E-state index in [1.165, 1.54) is 0 Å². The first-order valence-electron chi connectivity index (χ1n) is 5.06. The van der Waals surface area contributed by atoms with Gasteiger partial charge in [0.05, 0.1) is 5.92 Å². The molecular weight excluding hydrogens is 214 g/mol. The Kier molecular flexibility index (Phi) is 5.07. The summed E-state index contributed by atoms with van der Waals surface area (Å²) in [6, 6.07) is 0. The molecule has 0 fully saturated rings. The summed E-state index contributed by atoms with van der Waals surface area (Å²) in [6.07, 6.45) is 0.249. The van der Waals surface area contributed by atoms with E-state index in [9.17, 15) is 19.7 Å². The van der Waals surface area contributed by atoms with Crippen molar-refractivity contribution in [2.45, 2.75) is 39.7 Å². The summed E-state index contributed by atoms with van der Waals surface area (Å²) in [7, 11) is 0. The number of rotatable bonds is 5. The van der Waals surface area contributed by atoms with Gasteiger partial charge in [-0.25, -0.2) is 4.79 Å². The first-order chi connectivity index (χ1) is 7.17. The number of nitrogens with zero attached hydrogens (tertiary/aromatic N) is 1. The van der Waals surface area contributed by atoms with Crippen molar-refractivity contribution in [2.24, 2.45) is 5.92 Å². The summed E-state index contributed by atoms with van der Waals surface area (Å²) in [5, 5.41) is 10.3. The number of ketones is 1. The van der Waals surface area contributed by atoms with E-state index in [2.05, 4.69) is 0 Å². The summed E-state index contributed by atoms with van der Waals surface area (Å²) in [5.74, 6) is -2.72. The first kappa shape index (κ1) is 14.5. The zero-order valence-electron chi connectivity index (χ0n) is 9.98. The molecule has 0 radical (unpaired) electrons. The van der Waals surface area contributed by atoms with Gasteiger partial charge in [-0.1, -0.05) is 6.92 Å². The van der Waals surface area contributed by atoms with Gasteiger partial charge in [0.25, 0.3) is 0 Å². The lowest BCUT2D eigenvalue weighted by molar-refractivity contribution is -0.485. The second-order valence-electron chi connectivity index (χ2n) is 4.49. The predicted molar refractivity (Wildman–Crippen MR) is 56.5 cm³/mol. The molecule has 0 amide bonds. The third kappa shape index (κ3) is 5.43. The van der Waals surface area contributed by atoms with Crippen LogP contribution in [0, 0.1) is 16.0 Å². The number of Topliss-reactive ketones (excluding diaryl/α,β-unsaturated/α-hetero) is 1. The summed E-state index contributed by atoms with van der Waals surface area (Å²) in [4.78, 5) is 32.5. The quantitative estimate of drug-likeness (QED) is 0.307. The van der Waals surface area contributed by atoms with Crippen LogP contribution in [0.1, 0.15) is 34.1 Å². The maximum Gasteiger partial charge on any atom is 0.375 e. The molecule has 0 aromatic rings. The second-order valence-corrected chi connectivity index (χ2v) is 4.49. The third-order valence-corrected chi connectivity index (χ3v) is 1.83. The highest BCUT2D eigenvalue weighted by Crippen LogP contribution is 2.11. The molecule has 1 atom stereocenters. The Labute approximate surface area is 94.1 Å². The molecule has 0 aromatic heterocycles. The van der Waals surface area contributed by atoms with Gasteiger partial charge in [0.2, 0.25) is 12.3 Å². The minimum absolute atomic E-state index is 0.249. The maximum atomic E-state index is 11.5. The molecule has 0 aliphatic heterocycles. The standard InChI is InChI=1S/C10H17NO5/c1-5-7(6-11(14)15)8(12)9(13)16-10(2,3)4/h7H,5-6H2,1-4H3/t7-/m0/s1. The average Bonchev–Trinajstić information content (AvgIpc) is 2.09. The number of hydrogen-bond acceptors (Lipinski definition) is 5. The molecule has 0 aliphatic rings.